The third-order valence-electron chi connectivity index (χ3n) is 5.98. The van der Waals surface area contributed by atoms with Gasteiger partial charge in [0.25, 0.3) is 17.7 Å². The molecule has 1 atom stereocenters. The van der Waals surface area contributed by atoms with Crippen LogP contribution in [-0.2, 0) is 18.3 Å². The summed E-state index contributed by atoms with van der Waals surface area (Å²) < 4.78 is 88.1. The van der Waals surface area contributed by atoms with Gasteiger partial charge < -0.3 is 20.2 Å². The summed E-state index contributed by atoms with van der Waals surface area (Å²) in [5, 5.41) is 17.2. The molecule has 1 unspecified atom stereocenters. The monoisotopic (exact) mass is 529 g/mol. The summed E-state index contributed by atoms with van der Waals surface area (Å²) in [6.07, 6.45) is -10.9. The number of nitrogens with zero attached hydrogens (tertiary/aromatic N) is 4. The Morgan fingerprint density at radius 3 is 2.38 bits per heavy atom. The molecule has 1 aromatic carbocycles. The fraction of sp³-hybridized carbons (Fsp3) is 0.391. The number of nitrogen functional groups attached to an aromatic ring is 1. The SMILES string of the molecule is Nc1cc(C(F)(F)F)c2nc1-c1nnc(o1)C(O)(C(F)(F)F)CCCCCN(Cc1ccccc1)C2=O. The average molecular weight is 529 g/mol. The first-order valence-corrected chi connectivity index (χ1v) is 11.2. The Bertz CT molecular complexity index is 1280. The topological polar surface area (TPSA) is 118 Å². The molecular formula is C23H21F6N5O3. The molecule has 37 heavy (non-hydrogen) atoms. The zero-order valence-corrected chi connectivity index (χ0v) is 19.1. The first-order chi connectivity index (χ1) is 17.3. The molecule has 198 valence electrons. The molecule has 4 bridgehead atoms. The van der Waals surface area contributed by atoms with Crippen molar-refractivity contribution in [1.29, 1.82) is 0 Å². The lowest BCUT2D eigenvalue weighted by Gasteiger charge is -2.27. The molecule has 0 saturated carbocycles. The minimum absolute atomic E-state index is 0.0739. The van der Waals surface area contributed by atoms with Crippen LogP contribution in [0.25, 0.3) is 11.6 Å². The van der Waals surface area contributed by atoms with Crippen LogP contribution >= 0.6 is 0 Å². The summed E-state index contributed by atoms with van der Waals surface area (Å²) in [5.41, 5.74) is -0.859. The zero-order chi connectivity index (χ0) is 27.0. The molecule has 0 fully saturated rings. The van der Waals surface area contributed by atoms with Crippen LogP contribution < -0.4 is 5.73 Å². The number of hydrogen-bond acceptors (Lipinski definition) is 7. The van der Waals surface area contributed by atoms with Crippen LogP contribution in [-0.4, -0.2) is 43.8 Å². The van der Waals surface area contributed by atoms with Gasteiger partial charge >= 0.3 is 12.4 Å². The molecule has 0 aliphatic carbocycles. The van der Waals surface area contributed by atoms with E-state index in [0.717, 1.165) is 4.90 Å². The van der Waals surface area contributed by atoms with Gasteiger partial charge in [0.15, 0.2) is 5.69 Å². The van der Waals surface area contributed by atoms with Crippen molar-refractivity contribution < 1.29 is 40.7 Å². The predicted octanol–water partition coefficient (Wildman–Crippen LogP) is 4.70. The molecule has 2 aromatic heterocycles. The van der Waals surface area contributed by atoms with Crippen LogP contribution in [0, 0.1) is 0 Å². The third kappa shape index (κ3) is 5.24. The highest BCUT2D eigenvalue weighted by Gasteiger charge is 2.58. The molecule has 4 rings (SSSR count). The van der Waals surface area contributed by atoms with Gasteiger partial charge in [-0.1, -0.05) is 36.8 Å². The maximum atomic E-state index is 13.9. The number of rotatable bonds is 2. The number of nitrogens with two attached hydrogens (primary N) is 1. The molecule has 8 nitrogen and oxygen atoms in total. The molecular weight excluding hydrogens is 508 g/mol. The number of alkyl halides is 6. The van der Waals surface area contributed by atoms with Crippen molar-refractivity contribution in [3.05, 3.63) is 59.1 Å². The highest BCUT2D eigenvalue weighted by atomic mass is 19.4. The molecule has 0 radical (unpaired) electrons. The van der Waals surface area contributed by atoms with E-state index in [0.29, 0.717) is 11.6 Å². The van der Waals surface area contributed by atoms with E-state index < -0.39 is 64.7 Å². The Hall–Kier alpha value is -3.68. The zero-order valence-electron chi connectivity index (χ0n) is 19.1. The van der Waals surface area contributed by atoms with Crippen molar-refractivity contribution >= 4 is 11.6 Å². The van der Waals surface area contributed by atoms with E-state index in [4.69, 9.17) is 10.2 Å². The van der Waals surface area contributed by atoms with Gasteiger partial charge in [-0.3, -0.25) is 4.79 Å². The largest absolute Gasteiger partial charge is 0.426 e. The van der Waals surface area contributed by atoms with E-state index in [1.165, 1.54) is 0 Å². The summed E-state index contributed by atoms with van der Waals surface area (Å²) in [6, 6.07) is 8.90. The van der Waals surface area contributed by atoms with Crippen LogP contribution in [0.5, 0.6) is 0 Å². The fourth-order valence-electron chi connectivity index (χ4n) is 4.00. The van der Waals surface area contributed by atoms with Crippen LogP contribution in [0.2, 0.25) is 0 Å². The van der Waals surface area contributed by atoms with Crippen LogP contribution in [0.4, 0.5) is 32.0 Å². The Morgan fingerprint density at radius 2 is 1.73 bits per heavy atom. The van der Waals surface area contributed by atoms with E-state index in [1.807, 2.05) is 0 Å². The molecule has 14 heteroatoms. The number of amides is 1. The molecule has 0 spiro atoms. The van der Waals surface area contributed by atoms with Crippen molar-refractivity contribution in [2.45, 2.75) is 50.2 Å². The standard InChI is InChI=1S/C23H21F6N5O3/c24-22(25,26)14-11-15(30)17-18-32-33-20(37-18)21(36,23(27,28)29)9-5-2-6-10-34(19(35)16(14)31-17)12-13-7-3-1-4-8-13/h1,3-4,7-8,11,36H,2,5-6,9-10,12,30H2. The summed E-state index contributed by atoms with van der Waals surface area (Å²) in [4.78, 5) is 18.3. The lowest BCUT2D eigenvalue weighted by molar-refractivity contribution is -0.277. The number of benzene rings is 1. The maximum Gasteiger partial charge on any atom is 0.426 e. The van der Waals surface area contributed by atoms with Gasteiger partial charge in [0, 0.05) is 13.1 Å². The minimum Gasteiger partial charge on any atom is -0.416 e. The second-order valence-corrected chi connectivity index (χ2v) is 8.61. The number of anilines is 1. The normalized spacial score (nSPS) is 19.5. The maximum absolute atomic E-state index is 13.9. The van der Waals surface area contributed by atoms with E-state index in [2.05, 4.69) is 15.2 Å². The third-order valence-corrected chi connectivity index (χ3v) is 5.98. The first kappa shape index (κ1) is 26.4. The van der Waals surface area contributed by atoms with Gasteiger partial charge in [0.2, 0.25) is 5.60 Å². The Kier molecular flexibility index (Phi) is 6.88. The predicted molar refractivity (Wildman–Crippen MR) is 117 cm³/mol. The summed E-state index contributed by atoms with van der Waals surface area (Å²) in [6.45, 7) is -0.148. The Balaban J connectivity index is 1.88. The minimum atomic E-state index is -5.19. The van der Waals surface area contributed by atoms with Crippen molar-refractivity contribution in [1.82, 2.24) is 20.1 Å². The summed E-state index contributed by atoms with van der Waals surface area (Å²) in [5.74, 6) is -3.03. The smallest absolute Gasteiger partial charge is 0.416 e. The lowest BCUT2D eigenvalue weighted by atomic mass is 9.95. The molecule has 1 aliphatic heterocycles. The molecule has 3 N–H and O–H groups in total. The number of aromatic nitrogens is 3. The van der Waals surface area contributed by atoms with E-state index in [1.54, 1.807) is 30.3 Å². The van der Waals surface area contributed by atoms with Gasteiger partial charge in [0.05, 0.1) is 11.3 Å². The molecule has 3 heterocycles. The van der Waals surface area contributed by atoms with Crippen molar-refractivity contribution in [3.63, 3.8) is 0 Å². The number of carbonyl (C=O) groups excluding carboxylic acids is 1. The Labute approximate surface area is 206 Å². The Morgan fingerprint density at radius 1 is 1.03 bits per heavy atom. The van der Waals surface area contributed by atoms with Crippen molar-refractivity contribution in [2.75, 3.05) is 12.3 Å². The number of aliphatic hydroxyl groups is 1. The highest BCUT2D eigenvalue weighted by molar-refractivity contribution is 5.95. The van der Waals surface area contributed by atoms with Crippen molar-refractivity contribution in [3.8, 4) is 11.6 Å². The van der Waals surface area contributed by atoms with E-state index >= 15 is 0 Å². The van der Waals surface area contributed by atoms with E-state index in [9.17, 15) is 36.2 Å². The second kappa shape index (κ2) is 9.65. The van der Waals surface area contributed by atoms with Gasteiger partial charge in [-0.25, -0.2) is 4.98 Å². The first-order valence-electron chi connectivity index (χ1n) is 11.2. The molecule has 1 aliphatic rings. The number of hydrogen-bond donors (Lipinski definition) is 2. The lowest BCUT2D eigenvalue weighted by Crippen LogP contribution is -2.42. The number of carbonyl (C=O) groups is 1. The molecule has 1 amide bonds. The summed E-state index contributed by atoms with van der Waals surface area (Å²) in [7, 11) is 0. The van der Waals surface area contributed by atoms with Gasteiger partial charge in [-0.2, -0.15) is 26.3 Å². The molecule has 3 aromatic rings. The average Bonchev–Trinajstić information content (AvgIpc) is 3.32. The van der Waals surface area contributed by atoms with Crippen LogP contribution in [0.1, 0.15) is 53.2 Å². The van der Waals surface area contributed by atoms with E-state index in [-0.39, 0.29) is 32.4 Å². The highest BCUT2D eigenvalue weighted by Crippen LogP contribution is 2.43. The number of halogens is 6. The van der Waals surface area contributed by atoms with Crippen LogP contribution in [0.15, 0.2) is 40.8 Å². The van der Waals surface area contributed by atoms with Gasteiger partial charge in [-0.05, 0) is 30.9 Å². The number of pyridine rings is 1. The number of fused-ring (bicyclic) bond motifs is 5. The quantitative estimate of drug-likeness (QED) is 0.462. The van der Waals surface area contributed by atoms with Crippen molar-refractivity contribution in [2.24, 2.45) is 0 Å². The van der Waals surface area contributed by atoms with Gasteiger partial charge in [0.1, 0.15) is 5.69 Å². The fourth-order valence-corrected chi connectivity index (χ4v) is 4.00. The summed E-state index contributed by atoms with van der Waals surface area (Å²) >= 11 is 0. The second-order valence-electron chi connectivity index (χ2n) is 8.61. The van der Waals surface area contributed by atoms with Gasteiger partial charge in [-0.15, -0.1) is 10.2 Å². The molecule has 0 saturated heterocycles. The van der Waals surface area contributed by atoms with Crippen LogP contribution in [0.3, 0.4) is 0 Å².